The smallest absolute Gasteiger partial charge is 0.174 e. The second-order valence-electron chi connectivity index (χ2n) is 3.28. The maximum absolute atomic E-state index is 8.58. The molecular weight excluding hydrogens is 292 g/mol. The molecule has 8 heteroatoms. The zero-order valence-corrected chi connectivity index (χ0v) is 11.5. The molecule has 3 N–H and O–H groups in total. The van der Waals surface area contributed by atoms with Gasteiger partial charge in [0.05, 0.1) is 0 Å². The van der Waals surface area contributed by atoms with Crippen molar-refractivity contribution in [2.45, 2.75) is 10.1 Å². The van der Waals surface area contributed by atoms with Gasteiger partial charge < -0.3 is 10.9 Å². The monoisotopic (exact) mass is 300 g/mol. The lowest BCUT2D eigenvalue weighted by molar-refractivity contribution is 0.318. The predicted octanol–water partition coefficient (Wildman–Crippen LogP) is 2.58. The highest BCUT2D eigenvalue weighted by Crippen LogP contribution is 2.27. The highest BCUT2D eigenvalue weighted by molar-refractivity contribution is 8.00. The summed E-state index contributed by atoms with van der Waals surface area (Å²) >= 11 is 9.18. The summed E-state index contributed by atoms with van der Waals surface area (Å²) in [5.74, 6) is 0.741. The first-order chi connectivity index (χ1) is 8.70. The van der Waals surface area contributed by atoms with E-state index in [4.69, 9.17) is 22.5 Å². The number of hydrogen-bond acceptors (Lipinski definition) is 6. The minimum absolute atomic E-state index is 0.0419. The first kappa shape index (κ1) is 13.1. The lowest BCUT2D eigenvalue weighted by Crippen LogP contribution is -2.12. The van der Waals surface area contributed by atoms with Crippen LogP contribution in [0.2, 0.25) is 5.02 Å². The Kier molecular flexibility index (Phi) is 4.40. The molecule has 0 saturated heterocycles. The molecule has 0 saturated carbocycles. The van der Waals surface area contributed by atoms with Crippen LogP contribution in [0.15, 0.2) is 33.2 Å². The summed E-state index contributed by atoms with van der Waals surface area (Å²) < 4.78 is 0.895. The number of halogens is 1. The Labute approximate surface area is 117 Å². The Hall–Kier alpha value is -1.31. The van der Waals surface area contributed by atoms with E-state index in [9.17, 15) is 0 Å². The highest BCUT2D eigenvalue weighted by Gasteiger charge is 2.06. The van der Waals surface area contributed by atoms with Crippen LogP contribution in [0.5, 0.6) is 0 Å². The number of hydrogen-bond donors (Lipinski definition) is 2. The highest BCUT2D eigenvalue weighted by atomic mass is 35.5. The standard InChI is InChI=1S/C10H9ClN4OS2/c11-8-3-6(9(12)15-16)1-2-7(8)4-17-10-14-13-5-18-10/h1-3,5,16H,4H2,(H2,12,15). The summed E-state index contributed by atoms with van der Waals surface area (Å²) in [6, 6.07) is 5.28. The predicted molar refractivity (Wildman–Crippen MR) is 73.4 cm³/mol. The summed E-state index contributed by atoms with van der Waals surface area (Å²) in [5, 5.41) is 19.8. The van der Waals surface area contributed by atoms with E-state index in [1.807, 2.05) is 6.07 Å². The number of aromatic nitrogens is 2. The van der Waals surface area contributed by atoms with Gasteiger partial charge in [-0.15, -0.1) is 10.2 Å². The first-order valence-electron chi connectivity index (χ1n) is 4.86. The Morgan fingerprint density at radius 3 is 3.00 bits per heavy atom. The van der Waals surface area contributed by atoms with Crippen molar-refractivity contribution in [3.8, 4) is 0 Å². The van der Waals surface area contributed by atoms with Crippen LogP contribution in [0.1, 0.15) is 11.1 Å². The molecule has 1 aromatic carbocycles. The van der Waals surface area contributed by atoms with E-state index >= 15 is 0 Å². The molecule has 0 bridgehead atoms. The average molecular weight is 301 g/mol. The Morgan fingerprint density at radius 1 is 1.56 bits per heavy atom. The van der Waals surface area contributed by atoms with Gasteiger partial charge in [0.15, 0.2) is 10.2 Å². The van der Waals surface area contributed by atoms with Crippen molar-refractivity contribution in [3.63, 3.8) is 0 Å². The van der Waals surface area contributed by atoms with Gasteiger partial charge >= 0.3 is 0 Å². The van der Waals surface area contributed by atoms with E-state index < -0.39 is 0 Å². The molecule has 5 nitrogen and oxygen atoms in total. The maximum Gasteiger partial charge on any atom is 0.174 e. The van der Waals surface area contributed by atoms with Gasteiger partial charge in [-0.25, -0.2) is 0 Å². The summed E-state index contributed by atoms with van der Waals surface area (Å²) in [6.45, 7) is 0. The van der Waals surface area contributed by atoms with Crippen molar-refractivity contribution in [3.05, 3.63) is 39.9 Å². The minimum Gasteiger partial charge on any atom is -0.409 e. The Bertz CT molecular complexity index is 559. The van der Waals surface area contributed by atoms with E-state index in [0.29, 0.717) is 16.3 Å². The van der Waals surface area contributed by atoms with Crippen LogP contribution in [0, 0.1) is 0 Å². The van der Waals surface area contributed by atoms with Crippen LogP contribution in [0.4, 0.5) is 0 Å². The zero-order chi connectivity index (χ0) is 13.0. The fourth-order valence-electron chi connectivity index (χ4n) is 1.25. The molecular formula is C10H9ClN4OS2. The van der Waals surface area contributed by atoms with Crippen LogP contribution in [-0.2, 0) is 5.75 Å². The van der Waals surface area contributed by atoms with Gasteiger partial charge in [-0.1, -0.05) is 52.0 Å². The van der Waals surface area contributed by atoms with E-state index in [-0.39, 0.29) is 5.84 Å². The molecule has 0 spiro atoms. The lowest BCUT2D eigenvalue weighted by Gasteiger charge is -2.05. The molecule has 0 aliphatic rings. The number of rotatable bonds is 4. The summed E-state index contributed by atoms with van der Waals surface area (Å²) in [6.07, 6.45) is 0. The lowest BCUT2D eigenvalue weighted by atomic mass is 10.1. The number of amidine groups is 1. The number of thioether (sulfide) groups is 1. The molecule has 0 radical (unpaired) electrons. The van der Waals surface area contributed by atoms with Crippen molar-refractivity contribution in [1.82, 2.24) is 10.2 Å². The number of nitrogens with zero attached hydrogens (tertiary/aromatic N) is 3. The largest absolute Gasteiger partial charge is 0.409 e. The van der Waals surface area contributed by atoms with Crippen LogP contribution < -0.4 is 5.73 Å². The van der Waals surface area contributed by atoms with Gasteiger partial charge in [0.2, 0.25) is 0 Å². The van der Waals surface area contributed by atoms with Crippen LogP contribution in [0.3, 0.4) is 0 Å². The van der Waals surface area contributed by atoms with E-state index in [1.54, 1.807) is 29.4 Å². The molecule has 94 valence electrons. The number of benzene rings is 1. The molecule has 2 rings (SSSR count). The van der Waals surface area contributed by atoms with Crippen molar-refractivity contribution < 1.29 is 5.21 Å². The fraction of sp³-hybridized carbons (Fsp3) is 0.100. The van der Waals surface area contributed by atoms with Crippen LogP contribution in [-0.4, -0.2) is 21.2 Å². The van der Waals surface area contributed by atoms with Gasteiger partial charge in [0.25, 0.3) is 0 Å². The number of oxime groups is 1. The maximum atomic E-state index is 8.58. The van der Waals surface area contributed by atoms with Gasteiger partial charge in [0, 0.05) is 16.3 Å². The molecule has 0 fully saturated rings. The van der Waals surface area contributed by atoms with E-state index in [1.165, 1.54) is 11.3 Å². The molecule has 0 aliphatic heterocycles. The third-order valence-corrected chi connectivity index (χ3v) is 4.41. The van der Waals surface area contributed by atoms with Crippen LogP contribution in [0.25, 0.3) is 0 Å². The minimum atomic E-state index is 0.0419. The Morgan fingerprint density at radius 2 is 2.39 bits per heavy atom. The molecule has 18 heavy (non-hydrogen) atoms. The van der Waals surface area contributed by atoms with Gasteiger partial charge in [-0.05, 0) is 11.6 Å². The van der Waals surface area contributed by atoms with Gasteiger partial charge in [-0.3, -0.25) is 0 Å². The average Bonchev–Trinajstić information content (AvgIpc) is 2.89. The summed E-state index contributed by atoms with van der Waals surface area (Å²) in [5.41, 5.74) is 8.72. The second-order valence-corrected chi connectivity index (χ2v) is 5.75. The van der Waals surface area contributed by atoms with Crippen LogP contribution >= 0.6 is 34.7 Å². The molecule has 0 atom stereocenters. The number of nitrogens with two attached hydrogens (primary N) is 1. The zero-order valence-electron chi connectivity index (χ0n) is 9.08. The van der Waals surface area contributed by atoms with Gasteiger partial charge in [0.1, 0.15) is 5.51 Å². The molecule has 0 unspecified atom stereocenters. The second kappa shape index (κ2) is 6.03. The Balaban J connectivity index is 2.10. The topological polar surface area (TPSA) is 84.4 Å². The van der Waals surface area contributed by atoms with Crippen molar-refractivity contribution in [2.24, 2.45) is 10.9 Å². The first-order valence-corrected chi connectivity index (χ1v) is 7.10. The van der Waals surface area contributed by atoms with E-state index in [2.05, 4.69) is 15.4 Å². The molecule has 0 amide bonds. The SMILES string of the molecule is N/C(=N/O)c1ccc(CSc2nncs2)c(Cl)c1. The van der Waals surface area contributed by atoms with Gasteiger partial charge in [-0.2, -0.15) is 0 Å². The van der Waals surface area contributed by atoms with Crippen molar-refractivity contribution in [1.29, 1.82) is 0 Å². The fourth-order valence-corrected chi connectivity index (χ4v) is 3.07. The van der Waals surface area contributed by atoms with E-state index in [0.717, 1.165) is 9.90 Å². The molecule has 0 aliphatic carbocycles. The third kappa shape index (κ3) is 3.12. The van der Waals surface area contributed by atoms with Crippen molar-refractivity contribution in [2.75, 3.05) is 0 Å². The molecule has 1 heterocycles. The quantitative estimate of drug-likeness (QED) is 0.298. The summed E-state index contributed by atoms with van der Waals surface area (Å²) in [4.78, 5) is 0. The third-order valence-electron chi connectivity index (χ3n) is 2.15. The molecule has 1 aromatic heterocycles. The van der Waals surface area contributed by atoms with Crippen molar-refractivity contribution >= 4 is 40.5 Å². The summed E-state index contributed by atoms with van der Waals surface area (Å²) in [7, 11) is 0. The molecule has 2 aromatic rings. The normalized spacial score (nSPS) is 11.7.